The van der Waals surface area contributed by atoms with Gasteiger partial charge in [-0.05, 0) is 37.5 Å². The van der Waals surface area contributed by atoms with Crippen LogP contribution in [0.15, 0.2) is 24.3 Å². The molecule has 0 radical (unpaired) electrons. The van der Waals surface area contributed by atoms with Gasteiger partial charge in [-0.1, -0.05) is 19.1 Å². The third kappa shape index (κ3) is 5.68. The van der Waals surface area contributed by atoms with Crippen LogP contribution in [0.3, 0.4) is 0 Å². The molecule has 100 valence electrons. The second-order valence-electron chi connectivity index (χ2n) is 4.31. The number of aryl methyl sites for hydroxylation is 1. The summed E-state index contributed by atoms with van der Waals surface area (Å²) < 4.78 is 5.36. The molecule has 18 heavy (non-hydrogen) atoms. The van der Waals surface area contributed by atoms with Gasteiger partial charge in [0.25, 0.3) is 5.91 Å². The molecule has 1 aromatic carbocycles. The number of hydrogen-bond acceptors (Lipinski definition) is 3. The average Bonchev–Trinajstić information content (AvgIpc) is 2.36. The van der Waals surface area contributed by atoms with Gasteiger partial charge in [-0.2, -0.15) is 0 Å². The number of amides is 1. The maximum absolute atomic E-state index is 11.5. The zero-order valence-corrected chi connectivity index (χ0v) is 11.0. The molecule has 1 unspecified atom stereocenters. The van der Waals surface area contributed by atoms with E-state index in [1.807, 2.05) is 38.1 Å². The van der Waals surface area contributed by atoms with Crippen molar-refractivity contribution in [1.82, 2.24) is 5.32 Å². The third-order valence-electron chi connectivity index (χ3n) is 2.63. The molecule has 4 nitrogen and oxygen atoms in total. The number of nitrogens with one attached hydrogen (secondary N) is 1. The SMILES string of the molecule is CCC(O)CCNC(=O)COc1cccc(C)c1. The van der Waals surface area contributed by atoms with E-state index in [4.69, 9.17) is 4.74 Å². The van der Waals surface area contributed by atoms with Crippen LogP contribution in [0.5, 0.6) is 5.75 Å². The Morgan fingerprint density at radius 3 is 2.94 bits per heavy atom. The van der Waals surface area contributed by atoms with Gasteiger partial charge in [-0.25, -0.2) is 0 Å². The lowest BCUT2D eigenvalue weighted by Gasteiger charge is -2.10. The lowest BCUT2D eigenvalue weighted by molar-refractivity contribution is -0.123. The van der Waals surface area contributed by atoms with Crippen molar-refractivity contribution < 1.29 is 14.6 Å². The first kappa shape index (κ1) is 14.5. The first-order chi connectivity index (χ1) is 8.61. The molecule has 1 aromatic rings. The minimum absolute atomic E-state index is 0.00563. The molecule has 0 aromatic heterocycles. The first-order valence-electron chi connectivity index (χ1n) is 6.26. The van der Waals surface area contributed by atoms with Crippen molar-refractivity contribution in [2.45, 2.75) is 32.8 Å². The predicted molar refractivity (Wildman–Crippen MR) is 70.6 cm³/mol. The van der Waals surface area contributed by atoms with Gasteiger partial charge in [-0.15, -0.1) is 0 Å². The Kier molecular flexibility index (Phi) is 6.22. The standard InChI is InChI=1S/C14H21NO3/c1-3-12(16)7-8-15-14(17)10-18-13-6-4-5-11(2)9-13/h4-6,9,12,16H,3,7-8,10H2,1-2H3,(H,15,17). The summed E-state index contributed by atoms with van der Waals surface area (Å²) in [5.41, 5.74) is 1.10. The van der Waals surface area contributed by atoms with Gasteiger partial charge in [0.05, 0.1) is 6.10 Å². The topological polar surface area (TPSA) is 58.6 Å². The summed E-state index contributed by atoms with van der Waals surface area (Å²) in [4.78, 5) is 11.5. The number of carbonyl (C=O) groups excluding carboxylic acids is 1. The number of aliphatic hydroxyl groups excluding tert-OH is 1. The van der Waals surface area contributed by atoms with E-state index >= 15 is 0 Å². The highest BCUT2D eigenvalue weighted by molar-refractivity contribution is 5.77. The van der Waals surface area contributed by atoms with Crippen molar-refractivity contribution in [3.8, 4) is 5.75 Å². The Bertz CT molecular complexity index is 379. The maximum Gasteiger partial charge on any atom is 0.257 e. The molecule has 4 heteroatoms. The Morgan fingerprint density at radius 2 is 2.28 bits per heavy atom. The Balaban J connectivity index is 2.21. The molecule has 0 aliphatic carbocycles. The second kappa shape index (κ2) is 7.71. The summed E-state index contributed by atoms with van der Waals surface area (Å²) in [6.45, 7) is 4.36. The molecule has 0 saturated carbocycles. The van der Waals surface area contributed by atoms with E-state index in [0.29, 0.717) is 25.1 Å². The van der Waals surface area contributed by atoms with Gasteiger partial charge in [0.1, 0.15) is 5.75 Å². The van der Waals surface area contributed by atoms with Gasteiger partial charge >= 0.3 is 0 Å². The molecule has 0 fully saturated rings. The zero-order chi connectivity index (χ0) is 13.4. The van der Waals surface area contributed by atoms with Gasteiger partial charge in [0, 0.05) is 6.54 Å². The minimum Gasteiger partial charge on any atom is -0.484 e. The quantitative estimate of drug-likeness (QED) is 0.774. The lowest BCUT2D eigenvalue weighted by Crippen LogP contribution is -2.31. The second-order valence-corrected chi connectivity index (χ2v) is 4.31. The zero-order valence-electron chi connectivity index (χ0n) is 11.0. The maximum atomic E-state index is 11.5. The van der Waals surface area contributed by atoms with Gasteiger partial charge in [0.15, 0.2) is 6.61 Å². The van der Waals surface area contributed by atoms with Crippen LogP contribution in [-0.4, -0.2) is 30.3 Å². The molecule has 0 saturated heterocycles. The fraction of sp³-hybridized carbons (Fsp3) is 0.500. The van der Waals surface area contributed by atoms with E-state index in [0.717, 1.165) is 5.56 Å². The van der Waals surface area contributed by atoms with Crippen molar-refractivity contribution in [2.75, 3.05) is 13.2 Å². The van der Waals surface area contributed by atoms with E-state index in [1.54, 1.807) is 0 Å². The molecule has 1 atom stereocenters. The van der Waals surface area contributed by atoms with Crippen LogP contribution in [0, 0.1) is 6.92 Å². The summed E-state index contributed by atoms with van der Waals surface area (Å²) in [6, 6.07) is 7.56. The van der Waals surface area contributed by atoms with Gasteiger partial charge < -0.3 is 15.2 Å². The number of ether oxygens (including phenoxy) is 1. The number of aliphatic hydroxyl groups is 1. The van der Waals surface area contributed by atoms with Crippen LogP contribution >= 0.6 is 0 Å². The fourth-order valence-electron chi connectivity index (χ4n) is 1.49. The van der Waals surface area contributed by atoms with Crippen molar-refractivity contribution in [1.29, 1.82) is 0 Å². The number of rotatable bonds is 7. The van der Waals surface area contributed by atoms with Crippen LogP contribution in [-0.2, 0) is 4.79 Å². The summed E-state index contributed by atoms with van der Waals surface area (Å²) in [7, 11) is 0. The molecule has 1 amide bonds. The summed E-state index contributed by atoms with van der Waals surface area (Å²) in [6.07, 6.45) is 0.936. The fourth-order valence-corrected chi connectivity index (χ4v) is 1.49. The van der Waals surface area contributed by atoms with Crippen LogP contribution < -0.4 is 10.1 Å². The Morgan fingerprint density at radius 1 is 1.50 bits per heavy atom. The average molecular weight is 251 g/mol. The van der Waals surface area contributed by atoms with E-state index in [9.17, 15) is 9.90 Å². The molecular weight excluding hydrogens is 230 g/mol. The molecule has 0 bridgehead atoms. The van der Waals surface area contributed by atoms with Crippen LogP contribution in [0.1, 0.15) is 25.3 Å². The van der Waals surface area contributed by atoms with Crippen molar-refractivity contribution in [3.63, 3.8) is 0 Å². The lowest BCUT2D eigenvalue weighted by atomic mass is 10.2. The van der Waals surface area contributed by atoms with Crippen LogP contribution in [0.2, 0.25) is 0 Å². The predicted octanol–water partition coefficient (Wildman–Crippen LogP) is 1.65. The highest BCUT2D eigenvalue weighted by Gasteiger charge is 2.04. The molecule has 1 rings (SSSR count). The first-order valence-corrected chi connectivity index (χ1v) is 6.26. The third-order valence-corrected chi connectivity index (χ3v) is 2.63. The van der Waals surface area contributed by atoms with Gasteiger partial charge in [-0.3, -0.25) is 4.79 Å². The summed E-state index contributed by atoms with van der Waals surface area (Å²) in [5, 5.41) is 12.0. The largest absolute Gasteiger partial charge is 0.484 e. The Labute approximate surface area is 108 Å². The van der Waals surface area contributed by atoms with E-state index in [2.05, 4.69) is 5.32 Å². The van der Waals surface area contributed by atoms with E-state index < -0.39 is 0 Å². The summed E-state index contributed by atoms with van der Waals surface area (Å²) in [5.74, 6) is 0.526. The molecule has 0 aliphatic rings. The monoisotopic (exact) mass is 251 g/mol. The number of hydrogen-bond donors (Lipinski definition) is 2. The molecule has 0 heterocycles. The van der Waals surface area contributed by atoms with Crippen LogP contribution in [0.25, 0.3) is 0 Å². The molecule has 2 N–H and O–H groups in total. The van der Waals surface area contributed by atoms with Crippen molar-refractivity contribution in [3.05, 3.63) is 29.8 Å². The normalized spacial score (nSPS) is 11.9. The number of benzene rings is 1. The number of carbonyl (C=O) groups is 1. The molecule has 0 aliphatic heterocycles. The molecule has 0 spiro atoms. The smallest absolute Gasteiger partial charge is 0.257 e. The Hall–Kier alpha value is -1.55. The minimum atomic E-state index is -0.344. The van der Waals surface area contributed by atoms with Crippen molar-refractivity contribution >= 4 is 5.91 Å². The highest BCUT2D eigenvalue weighted by Crippen LogP contribution is 2.11. The molecular formula is C14H21NO3. The summed E-state index contributed by atoms with van der Waals surface area (Å²) >= 11 is 0. The van der Waals surface area contributed by atoms with Crippen molar-refractivity contribution in [2.24, 2.45) is 0 Å². The highest BCUT2D eigenvalue weighted by atomic mass is 16.5. The van der Waals surface area contributed by atoms with E-state index in [1.165, 1.54) is 0 Å². The van der Waals surface area contributed by atoms with E-state index in [-0.39, 0.29) is 18.6 Å². The van der Waals surface area contributed by atoms with Gasteiger partial charge in [0.2, 0.25) is 0 Å². The van der Waals surface area contributed by atoms with Crippen LogP contribution in [0.4, 0.5) is 0 Å².